The fraction of sp³-hybridized carbons (Fsp3) is 0.455. The van der Waals surface area contributed by atoms with Crippen LogP contribution in [0.3, 0.4) is 0 Å². The molecule has 0 aliphatic carbocycles. The minimum atomic E-state index is -0.914. The molecule has 0 fully saturated rings. The van der Waals surface area contributed by atoms with Gasteiger partial charge in [0.2, 0.25) is 12.6 Å². The Morgan fingerprint density at radius 3 is 2.18 bits per heavy atom. The van der Waals surface area contributed by atoms with Gasteiger partial charge in [-0.05, 0) is 5.56 Å². The third-order valence-electron chi connectivity index (χ3n) is 2.73. The van der Waals surface area contributed by atoms with Gasteiger partial charge in [0.15, 0.2) is 0 Å². The van der Waals surface area contributed by atoms with Crippen LogP contribution in [0, 0.1) is 20.2 Å². The van der Waals surface area contributed by atoms with Crippen LogP contribution < -0.4 is 0 Å². The maximum atomic E-state index is 10.9. The normalized spacial score (nSPS) is 13.9. The van der Waals surface area contributed by atoms with Crippen LogP contribution in [0.4, 0.5) is 0 Å². The van der Waals surface area contributed by atoms with E-state index >= 15 is 0 Å². The molecule has 2 unspecified atom stereocenters. The molecular formula is C11H14N2O4. The highest BCUT2D eigenvalue weighted by atomic mass is 16.6. The van der Waals surface area contributed by atoms with Crippen molar-refractivity contribution < 1.29 is 9.85 Å². The van der Waals surface area contributed by atoms with Crippen LogP contribution in [-0.2, 0) is 0 Å². The van der Waals surface area contributed by atoms with E-state index in [1.54, 1.807) is 37.3 Å². The Morgan fingerprint density at radius 1 is 1.18 bits per heavy atom. The van der Waals surface area contributed by atoms with Gasteiger partial charge in [-0.3, -0.25) is 20.2 Å². The van der Waals surface area contributed by atoms with E-state index in [2.05, 4.69) is 0 Å². The van der Waals surface area contributed by atoms with Crippen molar-refractivity contribution in [3.63, 3.8) is 0 Å². The molecule has 6 nitrogen and oxygen atoms in total. The number of hydrogen-bond acceptors (Lipinski definition) is 4. The SMILES string of the molecule is CCC(C(C[N+](=O)[O-])c1ccccc1)[N+](=O)[O-]. The van der Waals surface area contributed by atoms with E-state index < -0.39 is 28.4 Å². The first kappa shape index (κ1) is 13.1. The minimum Gasteiger partial charge on any atom is -0.265 e. The Kier molecular flexibility index (Phi) is 4.56. The lowest BCUT2D eigenvalue weighted by molar-refractivity contribution is -0.547. The molecule has 92 valence electrons. The zero-order valence-corrected chi connectivity index (χ0v) is 9.48. The number of nitrogens with zero attached hydrogens (tertiary/aromatic N) is 2. The van der Waals surface area contributed by atoms with Crippen molar-refractivity contribution in [2.45, 2.75) is 25.3 Å². The molecule has 0 bridgehead atoms. The van der Waals surface area contributed by atoms with Gasteiger partial charge in [0, 0.05) is 16.3 Å². The Bertz CT molecular complexity index is 394. The highest BCUT2D eigenvalue weighted by molar-refractivity contribution is 5.20. The molecule has 1 rings (SSSR count). The topological polar surface area (TPSA) is 86.3 Å². The van der Waals surface area contributed by atoms with E-state index in [4.69, 9.17) is 0 Å². The van der Waals surface area contributed by atoms with E-state index in [1.165, 1.54) is 0 Å². The lowest BCUT2D eigenvalue weighted by atomic mass is 9.90. The van der Waals surface area contributed by atoms with Crippen LogP contribution in [0.1, 0.15) is 24.8 Å². The zero-order chi connectivity index (χ0) is 12.8. The maximum Gasteiger partial charge on any atom is 0.226 e. The van der Waals surface area contributed by atoms with Gasteiger partial charge in [-0.25, -0.2) is 0 Å². The zero-order valence-electron chi connectivity index (χ0n) is 9.48. The summed E-state index contributed by atoms with van der Waals surface area (Å²) < 4.78 is 0. The van der Waals surface area contributed by atoms with E-state index in [1.807, 2.05) is 0 Å². The molecule has 0 N–H and O–H groups in total. The average Bonchev–Trinajstić information content (AvgIpc) is 2.29. The molecular weight excluding hydrogens is 224 g/mol. The largest absolute Gasteiger partial charge is 0.265 e. The molecule has 1 aromatic carbocycles. The second-order valence-corrected chi connectivity index (χ2v) is 3.79. The summed E-state index contributed by atoms with van der Waals surface area (Å²) >= 11 is 0. The van der Waals surface area contributed by atoms with Crippen LogP contribution in [0.5, 0.6) is 0 Å². The molecule has 0 amide bonds. The molecule has 0 saturated heterocycles. The van der Waals surface area contributed by atoms with Gasteiger partial charge in [0.25, 0.3) is 0 Å². The van der Waals surface area contributed by atoms with Gasteiger partial charge >= 0.3 is 0 Å². The predicted molar refractivity (Wildman–Crippen MR) is 62.1 cm³/mol. The van der Waals surface area contributed by atoms with Crippen molar-refractivity contribution in [1.82, 2.24) is 0 Å². The quantitative estimate of drug-likeness (QED) is 0.561. The minimum absolute atomic E-state index is 0.278. The molecule has 17 heavy (non-hydrogen) atoms. The summed E-state index contributed by atoms with van der Waals surface area (Å²) in [5.41, 5.74) is 0.646. The van der Waals surface area contributed by atoms with Gasteiger partial charge in [0.1, 0.15) is 5.92 Å². The van der Waals surface area contributed by atoms with Crippen LogP contribution >= 0.6 is 0 Å². The summed E-state index contributed by atoms with van der Waals surface area (Å²) in [7, 11) is 0. The van der Waals surface area contributed by atoms with Crippen molar-refractivity contribution in [2.75, 3.05) is 6.54 Å². The second kappa shape index (κ2) is 5.93. The number of rotatable bonds is 6. The fourth-order valence-corrected chi connectivity index (χ4v) is 1.89. The Hall–Kier alpha value is -1.98. The predicted octanol–water partition coefficient (Wildman–Crippen LogP) is 2.10. The van der Waals surface area contributed by atoms with Gasteiger partial charge in [-0.2, -0.15) is 0 Å². The summed E-state index contributed by atoms with van der Waals surface area (Å²) in [6, 6.07) is 7.72. The number of hydrogen-bond donors (Lipinski definition) is 0. The first-order chi connectivity index (χ1) is 8.06. The Morgan fingerprint density at radius 2 is 1.76 bits per heavy atom. The van der Waals surface area contributed by atoms with Crippen molar-refractivity contribution in [2.24, 2.45) is 0 Å². The van der Waals surface area contributed by atoms with Crippen LogP contribution in [0.2, 0.25) is 0 Å². The summed E-state index contributed by atoms with van der Waals surface area (Å²) in [5, 5.41) is 21.5. The maximum absolute atomic E-state index is 10.9. The summed E-state index contributed by atoms with van der Waals surface area (Å²) in [4.78, 5) is 20.6. The van der Waals surface area contributed by atoms with E-state index in [9.17, 15) is 20.2 Å². The summed E-state index contributed by atoms with van der Waals surface area (Å²) in [5.74, 6) is -0.675. The third-order valence-corrected chi connectivity index (χ3v) is 2.73. The average molecular weight is 238 g/mol. The van der Waals surface area contributed by atoms with Crippen LogP contribution in [-0.4, -0.2) is 22.4 Å². The standard InChI is InChI=1S/C11H14N2O4/c1-2-11(13(16)17)10(8-12(14)15)9-6-4-3-5-7-9/h3-7,10-11H,2,8H2,1H3. The van der Waals surface area contributed by atoms with Gasteiger partial charge in [-0.1, -0.05) is 37.3 Å². The molecule has 0 aliphatic heterocycles. The highest BCUT2D eigenvalue weighted by Crippen LogP contribution is 2.23. The fourth-order valence-electron chi connectivity index (χ4n) is 1.89. The number of benzene rings is 1. The molecule has 0 radical (unpaired) electrons. The van der Waals surface area contributed by atoms with Crippen molar-refractivity contribution in [3.05, 3.63) is 56.1 Å². The number of nitro groups is 2. The molecule has 2 atom stereocenters. The summed E-state index contributed by atoms with van der Waals surface area (Å²) in [6.45, 7) is 1.26. The molecule has 6 heteroatoms. The van der Waals surface area contributed by atoms with Gasteiger partial charge < -0.3 is 0 Å². The molecule has 0 spiro atoms. The molecule has 0 aromatic heterocycles. The monoisotopic (exact) mass is 238 g/mol. The lowest BCUT2D eigenvalue weighted by Gasteiger charge is -2.16. The van der Waals surface area contributed by atoms with Crippen LogP contribution in [0.15, 0.2) is 30.3 Å². The third kappa shape index (κ3) is 3.51. The first-order valence-corrected chi connectivity index (χ1v) is 5.36. The van der Waals surface area contributed by atoms with Crippen molar-refractivity contribution in [3.8, 4) is 0 Å². The molecule has 1 aromatic rings. The highest BCUT2D eigenvalue weighted by Gasteiger charge is 2.34. The van der Waals surface area contributed by atoms with Crippen molar-refractivity contribution in [1.29, 1.82) is 0 Å². The lowest BCUT2D eigenvalue weighted by Crippen LogP contribution is -2.31. The Balaban J connectivity index is 3.02. The summed E-state index contributed by atoms with van der Waals surface area (Å²) in [6.07, 6.45) is 0.278. The van der Waals surface area contributed by atoms with E-state index in [-0.39, 0.29) is 6.42 Å². The first-order valence-electron chi connectivity index (χ1n) is 5.36. The molecule has 0 aliphatic rings. The van der Waals surface area contributed by atoms with Gasteiger partial charge in [0.05, 0.1) is 0 Å². The molecule has 0 saturated carbocycles. The van der Waals surface area contributed by atoms with E-state index in [0.29, 0.717) is 5.56 Å². The molecule has 0 heterocycles. The Labute approximate surface area is 98.6 Å². The van der Waals surface area contributed by atoms with Gasteiger partial charge in [-0.15, -0.1) is 0 Å². The van der Waals surface area contributed by atoms with Crippen LogP contribution in [0.25, 0.3) is 0 Å². The van der Waals surface area contributed by atoms with Crippen molar-refractivity contribution >= 4 is 0 Å². The smallest absolute Gasteiger partial charge is 0.226 e. The second-order valence-electron chi connectivity index (χ2n) is 3.79. The van der Waals surface area contributed by atoms with E-state index in [0.717, 1.165) is 0 Å².